The number of aromatic hydroxyl groups is 1. The first-order valence-corrected chi connectivity index (χ1v) is 4.35. The zero-order valence-corrected chi connectivity index (χ0v) is 7.77. The van der Waals surface area contributed by atoms with E-state index < -0.39 is 0 Å². The molecule has 5 nitrogen and oxygen atoms in total. The Balaban J connectivity index is 2.09. The normalized spacial score (nSPS) is 9.87. The predicted octanol–water partition coefficient (Wildman–Crippen LogP) is 1.37. The van der Waals surface area contributed by atoms with Gasteiger partial charge in [0.1, 0.15) is 5.75 Å². The molecule has 3 N–H and O–H groups in total. The number of nitrogens with zero attached hydrogens (tertiary/aromatic N) is 1. The zero-order chi connectivity index (χ0) is 10.7. The van der Waals surface area contributed by atoms with Gasteiger partial charge >= 0.3 is 0 Å². The van der Waals surface area contributed by atoms with Crippen LogP contribution in [0, 0.1) is 0 Å². The van der Waals surface area contributed by atoms with Gasteiger partial charge in [-0.05, 0) is 24.3 Å². The molecule has 0 saturated heterocycles. The summed E-state index contributed by atoms with van der Waals surface area (Å²) < 4.78 is 0. The number of hydrogen-bond donors (Lipinski definition) is 3. The quantitative estimate of drug-likeness (QED) is 0.645. The summed E-state index contributed by atoms with van der Waals surface area (Å²) in [5, 5.41) is 17.9. The molecule has 0 aliphatic carbocycles. The summed E-state index contributed by atoms with van der Waals surface area (Å²) in [6.45, 7) is 0. The molecule has 0 fully saturated rings. The minimum Gasteiger partial charge on any atom is -0.508 e. The maximum atomic E-state index is 11.5. The molecule has 1 heterocycles. The van der Waals surface area contributed by atoms with Gasteiger partial charge in [0.25, 0.3) is 5.91 Å². The highest BCUT2D eigenvalue weighted by Crippen LogP contribution is 2.14. The Labute approximate surface area is 85.8 Å². The number of amides is 1. The van der Waals surface area contributed by atoms with E-state index in [1.807, 2.05) is 0 Å². The number of nitrogens with one attached hydrogen (secondary N) is 2. The monoisotopic (exact) mass is 203 g/mol. The van der Waals surface area contributed by atoms with Crippen LogP contribution in [0.3, 0.4) is 0 Å². The largest absolute Gasteiger partial charge is 0.508 e. The minimum absolute atomic E-state index is 0.163. The summed E-state index contributed by atoms with van der Waals surface area (Å²) in [6.07, 6.45) is 2.95. The lowest BCUT2D eigenvalue weighted by atomic mass is 10.3. The highest BCUT2D eigenvalue weighted by atomic mass is 16.3. The van der Waals surface area contributed by atoms with E-state index in [4.69, 9.17) is 5.11 Å². The smallest absolute Gasteiger partial charge is 0.258 e. The molecule has 0 aliphatic rings. The van der Waals surface area contributed by atoms with Crippen molar-refractivity contribution in [3.05, 3.63) is 42.2 Å². The Morgan fingerprint density at radius 2 is 2.07 bits per heavy atom. The molecule has 5 heteroatoms. The SMILES string of the molecule is O=C(Nc1ccc(O)cc1)c1cn[nH]c1. The van der Waals surface area contributed by atoms with Gasteiger partial charge in [0.05, 0.1) is 11.8 Å². The number of hydrogen-bond acceptors (Lipinski definition) is 3. The maximum absolute atomic E-state index is 11.5. The average molecular weight is 203 g/mol. The standard InChI is InChI=1S/C10H9N3O2/c14-9-3-1-8(2-4-9)13-10(15)7-5-11-12-6-7/h1-6,14H,(H,11,12)(H,13,15). The molecule has 1 aromatic carbocycles. The molecule has 0 spiro atoms. The average Bonchev–Trinajstić information content (AvgIpc) is 2.74. The number of benzene rings is 1. The number of rotatable bonds is 2. The van der Waals surface area contributed by atoms with Crippen LogP contribution >= 0.6 is 0 Å². The van der Waals surface area contributed by atoms with Crippen molar-refractivity contribution in [3.8, 4) is 5.75 Å². The first-order chi connectivity index (χ1) is 7.25. The Bertz CT molecular complexity index is 448. The Morgan fingerprint density at radius 1 is 1.33 bits per heavy atom. The van der Waals surface area contributed by atoms with Crippen LogP contribution in [0.1, 0.15) is 10.4 Å². The van der Waals surface area contributed by atoms with E-state index in [1.165, 1.54) is 24.5 Å². The first-order valence-electron chi connectivity index (χ1n) is 4.35. The highest BCUT2D eigenvalue weighted by Gasteiger charge is 2.06. The van der Waals surface area contributed by atoms with Crippen molar-refractivity contribution in [1.82, 2.24) is 10.2 Å². The predicted molar refractivity (Wildman–Crippen MR) is 54.6 cm³/mol. The van der Waals surface area contributed by atoms with E-state index in [-0.39, 0.29) is 11.7 Å². The van der Waals surface area contributed by atoms with Crippen LogP contribution in [0.25, 0.3) is 0 Å². The van der Waals surface area contributed by atoms with E-state index in [9.17, 15) is 4.79 Å². The Kier molecular flexibility index (Phi) is 2.37. The third kappa shape index (κ3) is 2.14. The van der Waals surface area contributed by atoms with Crippen LogP contribution in [0.4, 0.5) is 5.69 Å². The molecular weight excluding hydrogens is 194 g/mol. The molecule has 0 bridgehead atoms. The number of phenolic OH excluding ortho intramolecular Hbond substituents is 1. The molecule has 1 aromatic heterocycles. The van der Waals surface area contributed by atoms with Crippen LogP contribution in [0.15, 0.2) is 36.7 Å². The van der Waals surface area contributed by atoms with E-state index in [0.29, 0.717) is 11.3 Å². The van der Waals surface area contributed by atoms with Crippen molar-refractivity contribution in [2.45, 2.75) is 0 Å². The topological polar surface area (TPSA) is 78.0 Å². The van der Waals surface area contributed by atoms with E-state index >= 15 is 0 Å². The molecule has 2 rings (SSSR count). The molecule has 76 valence electrons. The Morgan fingerprint density at radius 3 is 2.67 bits per heavy atom. The van der Waals surface area contributed by atoms with Crippen LogP contribution in [0.2, 0.25) is 0 Å². The molecule has 15 heavy (non-hydrogen) atoms. The third-order valence-corrected chi connectivity index (χ3v) is 1.89. The van der Waals surface area contributed by atoms with Crippen LogP contribution < -0.4 is 5.32 Å². The van der Waals surface area contributed by atoms with Crippen molar-refractivity contribution < 1.29 is 9.90 Å². The van der Waals surface area contributed by atoms with Gasteiger partial charge in [-0.25, -0.2) is 0 Å². The fourth-order valence-corrected chi connectivity index (χ4v) is 1.12. The van der Waals surface area contributed by atoms with Gasteiger partial charge in [-0.3, -0.25) is 9.89 Å². The van der Waals surface area contributed by atoms with Crippen molar-refractivity contribution in [3.63, 3.8) is 0 Å². The number of carbonyl (C=O) groups excluding carboxylic acids is 1. The van der Waals surface area contributed by atoms with Crippen molar-refractivity contribution in [2.24, 2.45) is 0 Å². The van der Waals surface area contributed by atoms with Crippen LogP contribution in [-0.2, 0) is 0 Å². The number of phenols is 1. The molecule has 2 aromatic rings. The second-order valence-electron chi connectivity index (χ2n) is 2.99. The van der Waals surface area contributed by atoms with E-state index in [1.54, 1.807) is 12.1 Å². The molecule has 0 radical (unpaired) electrons. The third-order valence-electron chi connectivity index (χ3n) is 1.89. The number of aromatic amines is 1. The van der Waals surface area contributed by atoms with Gasteiger partial charge < -0.3 is 10.4 Å². The second-order valence-corrected chi connectivity index (χ2v) is 2.99. The number of anilines is 1. The summed E-state index contributed by atoms with van der Waals surface area (Å²) in [7, 11) is 0. The number of carbonyl (C=O) groups is 1. The van der Waals surface area contributed by atoms with Crippen LogP contribution in [-0.4, -0.2) is 21.2 Å². The lowest BCUT2D eigenvalue weighted by Crippen LogP contribution is -2.10. The summed E-state index contributed by atoms with van der Waals surface area (Å²) >= 11 is 0. The molecule has 0 saturated carbocycles. The summed E-state index contributed by atoms with van der Waals surface area (Å²) in [4.78, 5) is 11.5. The summed E-state index contributed by atoms with van der Waals surface area (Å²) in [5.74, 6) is -0.0780. The molecule has 0 unspecified atom stereocenters. The van der Waals surface area contributed by atoms with Gasteiger partial charge in [0.2, 0.25) is 0 Å². The van der Waals surface area contributed by atoms with Gasteiger partial charge in [-0.2, -0.15) is 5.10 Å². The maximum Gasteiger partial charge on any atom is 0.258 e. The highest BCUT2D eigenvalue weighted by molar-refractivity contribution is 6.03. The fourth-order valence-electron chi connectivity index (χ4n) is 1.12. The van der Waals surface area contributed by atoms with Crippen molar-refractivity contribution in [2.75, 3.05) is 5.32 Å². The second kappa shape index (κ2) is 3.83. The first kappa shape index (κ1) is 9.26. The molecule has 0 aliphatic heterocycles. The molecular formula is C10H9N3O2. The lowest BCUT2D eigenvalue weighted by molar-refractivity contribution is 0.102. The lowest BCUT2D eigenvalue weighted by Gasteiger charge is -2.02. The van der Waals surface area contributed by atoms with Crippen LogP contribution in [0.5, 0.6) is 5.75 Å². The number of aromatic nitrogens is 2. The van der Waals surface area contributed by atoms with Gasteiger partial charge in [0.15, 0.2) is 0 Å². The van der Waals surface area contributed by atoms with Crippen molar-refractivity contribution in [1.29, 1.82) is 0 Å². The number of H-pyrrole nitrogens is 1. The Hall–Kier alpha value is -2.30. The fraction of sp³-hybridized carbons (Fsp3) is 0. The van der Waals surface area contributed by atoms with Gasteiger partial charge in [0, 0.05) is 11.9 Å². The summed E-state index contributed by atoms with van der Waals surface area (Å²) in [6, 6.07) is 6.25. The van der Waals surface area contributed by atoms with E-state index in [2.05, 4.69) is 15.5 Å². The zero-order valence-electron chi connectivity index (χ0n) is 7.77. The van der Waals surface area contributed by atoms with Crippen molar-refractivity contribution >= 4 is 11.6 Å². The molecule has 0 atom stereocenters. The minimum atomic E-state index is -0.241. The van der Waals surface area contributed by atoms with Gasteiger partial charge in [-0.15, -0.1) is 0 Å². The summed E-state index contributed by atoms with van der Waals surface area (Å²) in [5.41, 5.74) is 1.09. The van der Waals surface area contributed by atoms with Gasteiger partial charge in [-0.1, -0.05) is 0 Å². The van der Waals surface area contributed by atoms with E-state index in [0.717, 1.165) is 0 Å². The molecule has 1 amide bonds.